The number of hydrogen-bond acceptors (Lipinski definition) is 4. The van der Waals surface area contributed by atoms with E-state index in [1.54, 1.807) is 12.0 Å². The lowest BCUT2D eigenvalue weighted by molar-refractivity contribution is -0.274. The van der Waals surface area contributed by atoms with E-state index < -0.39 is 6.36 Å². The maximum Gasteiger partial charge on any atom is 0.573 e. The van der Waals surface area contributed by atoms with Crippen molar-refractivity contribution in [2.45, 2.75) is 44.5 Å². The Morgan fingerprint density at radius 2 is 1.90 bits per heavy atom. The van der Waals surface area contributed by atoms with E-state index in [9.17, 15) is 18.0 Å². The van der Waals surface area contributed by atoms with Crippen LogP contribution in [0.5, 0.6) is 5.75 Å². The first-order valence-corrected chi connectivity index (χ1v) is 10.5. The molecule has 6 nitrogen and oxygen atoms in total. The molecule has 3 rings (SSSR count). The second kappa shape index (κ2) is 10.3. The normalized spacial score (nSPS) is 22.3. The van der Waals surface area contributed by atoms with Gasteiger partial charge in [-0.3, -0.25) is 0 Å². The molecular formula is C21H30F3N3O3. The third-order valence-electron chi connectivity index (χ3n) is 5.88. The van der Waals surface area contributed by atoms with Gasteiger partial charge in [0.05, 0.1) is 6.61 Å². The number of alkyl halides is 3. The van der Waals surface area contributed by atoms with Gasteiger partial charge < -0.3 is 24.6 Å². The van der Waals surface area contributed by atoms with Crippen molar-refractivity contribution in [3.05, 3.63) is 24.3 Å². The molecule has 168 valence electrons. The van der Waals surface area contributed by atoms with Crippen molar-refractivity contribution in [2.75, 3.05) is 45.2 Å². The van der Waals surface area contributed by atoms with Crippen LogP contribution in [0.15, 0.2) is 24.3 Å². The third-order valence-corrected chi connectivity index (χ3v) is 5.88. The highest BCUT2D eigenvalue weighted by Gasteiger charge is 2.35. The molecule has 2 aliphatic rings. The Bertz CT molecular complexity index is 682. The quantitative estimate of drug-likeness (QED) is 0.701. The summed E-state index contributed by atoms with van der Waals surface area (Å²) in [5, 5.41) is 2.78. The van der Waals surface area contributed by atoms with Crippen molar-refractivity contribution < 1.29 is 27.4 Å². The van der Waals surface area contributed by atoms with Gasteiger partial charge in [-0.2, -0.15) is 0 Å². The number of nitrogens with one attached hydrogen (secondary N) is 1. The highest BCUT2D eigenvalue weighted by Crippen LogP contribution is 2.31. The minimum atomic E-state index is -4.74. The molecule has 2 atom stereocenters. The number of rotatable bonds is 7. The average molecular weight is 429 g/mol. The van der Waals surface area contributed by atoms with Crippen LogP contribution in [-0.2, 0) is 4.74 Å². The predicted octanol–water partition coefficient (Wildman–Crippen LogP) is 4.33. The molecule has 2 saturated heterocycles. The van der Waals surface area contributed by atoms with Crippen LogP contribution in [0.2, 0.25) is 0 Å². The smallest absolute Gasteiger partial charge is 0.406 e. The number of halogens is 3. The zero-order valence-electron chi connectivity index (χ0n) is 17.3. The van der Waals surface area contributed by atoms with Gasteiger partial charge in [0, 0.05) is 31.9 Å². The number of piperidine rings is 2. The van der Waals surface area contributed by atoms with Crippen LogP contribution in [0.25, 0.3) is 0 Å². The molecule has 1 aromatic carbocycles. The minimum Gasteiger partial charge on any atom is -0.406 e. The van der Waals surface area contributed by atoms with E-state index in [1.807, 2.05) is 0 Å². The molecule has 0 unspecified atom stereocenters. The van der Waals surface area contributed by atoms with E-state index in [1.165, 1.54) is 43.5 Å². The average Bonchev–Trinajstić information content (AvgIpc) is 2.71. The Labute approximate surface area is 175 Å². The van der Waals surface area contributed by atoms with Crippen molar-refractivity contribution in [3.8, 4) is 5.75 Å². The molecule has 0 saturated carbocycles. The molecular weight excluding hydrogens is 399 g/mol. The van der Waals surface area contributed by atoms with Crippen LogP contribution in [0.3, 0.4) is 0 Å². The largest absolute Gasteiger partial charge is 0.573 e. The number of nitrogens with zero attached hydrogens (tertiary/aromatic N) is 2. The van der Waals surface area contributed by atoms with Gasteiger partial charge in [-0.05, 0) is 69.0 Å². The molecule has 1 N–H and O–H groups in total. The van der Waals surface area contributed by atoms with Crippen molar-refractivity contribution in [1.82, 2.24) is 9.80 Å². The van der Waals surface area contributed by atoms with E-state index in [0.29, 0.717) is 37.3 Å². The number of anilines is 1. The van der Waals surface area contributed by atoms with Crippen LogP contribution in [0.1, 0.15) is 32.1 Å². The number of benzene rings is 1. The second-order valence-electron chi connectivity index (χ2n) is 7.94. The number of urea groups is 1. The topological polar surface area (TPSA) is 54.0 Å². The minimum absolute atomic E-state index is 0.274. The first kappa shape index (κ1) is 22.7. The number of ether oxygens (including phenoxy) is 2. The van der Waals surface area contributed by atoms with Gasteiger partial charge in [-0.15, -0.1) is 13.2 Å². The molecule has 30 heavy (non-hydrogen) atoms. The lowest BCUT2D eigenvalue weighted by atomic mass is 9.83. The summed E-state index contributed by atoms with van der Waals surface area (Å²) >= 11 is 0. The molecule has 0 spiro atoms. The zero-order valence-corrected chi connectivity index (χ0v) is 17.3. The highest BCUT2D eigenvalue weighted by atomic mass is 19.4. The summed E-state index contributed by atoms with van der Waals surface area (Å²) in [6.07, 6.45) is 1.14. The van der Waals surface area contributed by atoms with Crippen LogP contribution in [-0.4, -0.2) is 68.1 Å². The number of carbonyl (C=O) groups is 1. The fraction of sp³-hybridized carbons (Fsp3) is 0.667. The molecule has 0 radical (unpaired) electrons. The number of amides is 2. The summed E-state index contributed by atoms with van der Waals surface area (Å²) < 4.78 is 46.0. The first-order chi connectivity index (χ1) is 14.4. The Balaban J connectivity index is 1.62. The third kappa shape index (κ3) is 6.50. The van der Waals surface area contributed by atoms with E-state index in [2.05, 4.69) is 15.0 Å². The van der Waals surface area contributed by atoms with Crippen molar-refractivity contribution in [1.29, 1.82) is 0 Å². The lowest BCUT2D eigenvalue weighted by Gasteiger charge is -2.45. The number of hydrogen-bond donors (Lipinski definition) is 1. The Morgan fingerprint density at radius 1 is 1.17 bits per heavy atom. The highest BCUT2D eigenvalue weighted by molar-refractivity contribution is 5.89. The van der Waals surface area contributed by atoms with Gasteiger partial charge in [0.15, 0.2) is 0 Å². The van der Waals surface area contributed by atoms with Crippen LogP contribution in [0.4, 0.5) is 23.7 Å². The van der Waals surface area contributed by atoms with Gasteiger partial charge in [-0.1, -0.05) is 6.42 Å². The maximum absolute atomic E-state index is 12.9. The lowest BCUT2D eigenvalue weighted by Crippen LogP contribution is -2.52. The van der Waals surface area contributed by atoms with Gasteiger partial charge in [0.1, 0.15) is 5.75 Å². The predicted molar refractivity (Wildman–Crippen MR) is 108 cm³/mol. The summed E-state index contributed by atoms with van der Waals surface area (Å²) in [6.45, 7) is 3.80. The van der Waals surface area contributed by atoms with Crippen LogP contribution in [0, 0.1) is 5.92 Å². The summed E-state index contributed by atoms with van der Waals surface area (Å²) in [5.41, 5.74) is 0.417. The summed E-state index contributed by atoms with van der Waals surface area (Å²) in [6, 6.07) is 5.41. The summed E-state index contributed by atoms with van der Waals surface area (Å²) in [5.74, 6) is 0.0977. The molecule has 2 heterocycles. The molecule has 9 heteroatoms. The number of fused-ring (bicyclic) bond motifs is 1. The van der Waals surface area contributed by atoms with Crippen molar-refractivity contribution in [3.63, 3.8) is 0 Å². The fourth-order valence-corrected chi connectivity index (χ4v) is 4.49. The van der Waals surface area contributed by atoms with Gasteiger partial charge in [0.25, 0.3) is 0 Å². The second-order valence-corrected chi connectivity index (χ2v) is 7.94. The molecule has 0 aromatic heterocycles. The van der Waals surface area contributed by atoms with Gasteiger partial charge in [0.2, 0.25) is 0 Å². The Hall–Kier alpha value is -2.00. The Kier molecular flexibility index (Phi) is 7.82. The van der Waals surface area contributed by atoms with Crippen molar-refractivity contribution >= 4 is 11.7 Å². The number of methoxy groups -OCH3 is 1. The Morgan fingerprint density at radius 3 is 2.60 bits per heavy atom. The molecule has 0 bridgehead atoms. The standard InChI is InChI=1S/C21H30F3N3O3/c1-29-14-13-27(15-16-5-4-12-26-11-3-2-6-19(16)26)20(28)25-17-7-9-18(10-8-17)30-21(22,23)24/h7-10,16,19H,2-6,11-15H2,1H3,(H,25,28)/t16-,19+/m0/s1. The van der Waals surface area contributed by atoms with Crippen LogP contribution < -0.4 is 10.1 Å². The first-order valence-electron chi connectivity index (χ1n) is 10.5. The number of carbonyl (C=O) groups excluding carboxylic acids is 1. The van der Waals surface area contributed by atoms with E-state index in [0.717, 1.165) is 25.9 Å². The van der Waals surface area contributed by atoms with Crippen molar-refractivity contribution in [2.24, 2.45) is 5.92 Å². The van der Waals surface area contributed by atoms with Gasteiger partial charge >= 0.3 is 12.4 Å². The van der Waals surface area contributed by atoms with E-state index in [4.69, 9.17) is 4.74 Å². The summed E-state index contributed by atoms with van der Waals surface area (Å²) in [4.78, 5) is 17.2. The van der Waals surface area contributed by atoms with Gasteiger partial charge in [-0.25, -0.2) is 4.79 Å². The summed E-state index contributed by atoms with van der Waals surface area (Å²) in [7, 11) is 1.60. The van der Waals surface area contributed by atoms with Crippen LogP contribution >= 0.6 is 0 Å². The van der Waals surface area contributed by atoms with E-state index in [-0.39, 0.29) is 11.8 Å². The molecule has 1 aromatic rings. The zero-order chi connectivity index (χ0) is 21.6. The fourth-order valence-electron chi connectivity index (χ4n) is 4.49. The molecule has 2 amide bonds. The maximum atomic E-state index is 12.9. The molecule has 2 aliphatic heterocycles. The molecule has 0 aliphatic carbocycles. The molecule has 2 fully saturated rings. The monoisotopic (exact) mass is 429 g/mol. The SMILES string of the molecule is COCCN(C[C@@H]1CCCN2CCCC[C@H]12)C(=O)Nc1ccc(OC(F)(F)F)cc1. The van der Waals surface area contributed by atoms with E-state index >= 15 is 0 Å².